The van der Waals surface area contributed by atoms with Gasteiger partial charge in [-0.05, 0) is 38.5 Å². The summed E-state index contributed by atoms with van der Waals surface area (Å²) in [5.41, 5.74) is 0. The topological polar surface area (TPSA) is 29.5 Å². The highest BCUT2D eigenvalue weighted by atomic mass is 16.5. The molecule has 2 nitrogen and oxygen atoms in total. The van der Waals surface area contributed by atoms with E-state index in [2.05, 4.69) is 6.92 Å². The third-order valence-corrected chi connectivity index (χ3v) is 3.20. The summed E-state index contributed by atoms with van der Waals surface area (Å²) in [6.07, 6.45) is 4.86. The third-order valence-electron chi connectivity index (χ3n) is 3.20. The van der Waals surface area contributed by atoms with E-state index < -0.39 is 0 Å². The summed E-state index contributed by atoms with van der Waals surface area (Å²) in [6.45, 7) is 6.83. The van der Waals surface area contributed by atoms with Crippen LogP contribution in [0.4, 0.5) is 0 Å². The molecule has 0 saturated heterocycles. The van der Waals surface area contributed by atoms with Gasteiger partial charge in [0.15, 0.2) is 0 Å². The first kappa shape index (κ1) is 12.0. The third kappa shape index (κ3) is 3.97. The maximum Gasteiger partial charge on any atom is 0.0801 e. The average Bonchev–Trinajstić information content (AvgIpc) is 2.15. The Morgan fingerprint density at radius 2 is 1.79 bits per heavy atom. The number of hydrogen-bond acceptors (Lipinski definition) is 2. The number of aliphatic hydroxyl groups is 1. The van der Waals surface area contributed by atoms with Gasteiger partial charge in [-0.3, -0.25) is 0 Å². The minimum absolute atomic E-state index is 0.229. The highest BCUT2D eigenvalue weighted by Crippen LogP contribution is 2.30. The standard InChI is InChI=1S/C12H24O2/c1-9(2)14-8-12(13)11-6-4-10(3)5-7-11/h9-13H,4-8H2,1-3H3. The Morgan fingerprint density at radius 3 is 2.29 bits per heavy atom. The molecule has 0 bridgehead atoms. The predicted octanol–water partition coefficient (Wildman–Crippen LogP) is 2.60. The molecule has 1 N–H and O–H groups in total. The molecule has 14 heavy (non-hydrogen) atoms. The fourth-order valence-electron chi connectivity index (χ4n) is 2.10. The molecule has 1 aliphatic carbocycles. The van der Waals surface area contributed by atoms with Crippen LogP contribution in [0.3, 0.4) is 0 Å². The summed E-state index contributed by atoms with van der Waals surface area (Å²) in [5.74, 6) is 1.33. The van der Waals surface area contributed by atoms with E-state index in [1.807, 2.05) is 13.8 Å². The first-order chi connectivity index (χ1) is 6.59. The zero-order valence-corrected chi connectivity index (χ0v) is 9.70. The molecule has 0 aromatic carbocycles. The quantitative estimate of drug-likeness (QED) is 0.756. The van der Waals surface area contributed by atoms with Gasteiger partial charge in [0.1, 0.15) is 0 Å². The van der Waals surface area contributed by atoms with Crippen molar-refractivity contribution in [3.8, 4) is 0 Å². The molecule has 1 aliphatic rings. The van der Waals surface area contributed by atoms with E-state index >= 15 is 0 Å². The lowest BCUT2D eigenvalue weighted by Crippen LogP contribution is -2.30. The van der Waals surface area contributed by atoms with E-state index in [1.54, 1.807) is 0 Å². The Bertz CT molecular complexity index is 148. The minimum atomic E-state index is -0.245. The summed E-state index contributed by atoms with van der Waals surface area (Å²) in [4.78, 5) is 0. The van der Waals surface area contributed by atoms with Gasteiger partial charge in [0, 0.05) is 0 Å². The van der Waals surface area contributed by atoms with Gasteiger partial charge in [0.2, 0.25) is 0 Å². The Balaban J connectivity index is 2.20. The Morgan fingerprint density at radius 1 is 1.21 bits per heavy atom. The number of rotatable bonds is 4. The molecule has 0 heterocycles. The second-order valence-corrected chi connectivity index (χ2v) is 4.97. The molecule has 0 aromatic rings. The molecule has 2 heteroatoms. The van der Waals surface area contributed by atoms with Gasteiger partial charge in [-0.1, -0.05) is 19.8 Å². The predicted molar refractivity (Wildman–Crippen MR) is 58.2 cm³/mol. The molecule has 0 spiro atoms. The van der Waals surface area contributed by atoms with Crippen molar-refractivity contribution in [2.24, 2.45) is 11.8 Å². The van der Waals surface area contributed by atoms with Crippen molar-refractivity contribution in [1.82, 2.24) is 0 Å². The number of ether oxygens (including phenoxy) is 1. The molecule has 1 fully saturated rings. The first-order valence-electron chi connectivity index (χ1n) is 5.89. The fraction of sp³-hybridized carbons (Fsp3) is 1.00. The SMILES string of the molecule is CC1CCC(C(O)COC(C)C)CC1. The van der Waals surface area contributed by atoms with E-state index in [1.165, 1.54) is 25.7 Å². The largest absolute Gasteiger partial charge is 0.390 e. The van der Waals surface area contributed by atoms with Crippen LogP contribution in [0.1, 0.15) is 46.5 Å². The van der Waals surface area contributed by atoms with Gasteiger partial charge in [-0.2, -0.15) is 0 Å². The van der Waals surface area contributed by atoms with Crippen LogP contribution in [-0.4, -0.2) is 23.9 Å². The Hall–Kier alpha value is -0.0800. The van der Waals surface area contributed by atoms with Crippen LogP contribution in [0.2, 0.25) is 0 Å². The molecule has 1 saturated carbocycles. The number of aliphatic hydroxyl groups excluding tert-OH is 1. The highest BCUT2D eigenvalue weighted by Gasteiger charge is 2.24. The van der Waals surface area contributed by atoms with Crippen LogP contribution in [-0.2, 0) is 4.74 Å². The van der Waals surface area contributed by atoms with Crippen LogP contribution in [0, 0.1) is 11.8 Å². The van der Waals surface area contributed by atoms with Crippen molar-refractivity contribution in [3.05, 3.63) is 0 Å². The average molecular weight is 200 g/mol. The summed E-state index contributed by atoms with van der Waals surface area (Å²) >= 11 is 0. The van der Waals surface area contributed by atoms with Crippen LogP contribution >= 0.6 is 0 Å². The van der Waals surface area contributed by atoms with Crippen molar-refractivity contribution in [2.75, 3.05) is 6.61 Å². The second kappa shape index (κ2) is 5.72. The van der Waals surface area contributed by atoms with Crippen molar-refractivity contribution >= 4 is 0 Å². The molecule has 1 atom stereocenters. The number of hydrogen-bond donors (Lipinski definition) is 1. The molecular formula is C12H24O2. The second-order valence-electron chi connectivity index (χ2n) is 4.97. The molecule has 0 aliphatic heterocycles. The van der Waals surface area contributed by atoms with Gasteiger partial charge in [-0.15, -0.1) is 0 Å². The lowest BCUT2D eigenvalue weighted by atomic mass is 9.80. The summed E-state index contributed by atoms with van der Waals surface area (Å²) in [5, 5.41) is 9.88. The molecule has 0 amide bonds. The molecule has 1 unspecified atom stereocenters. The maximum absolute atomic E-state index is 9.88. The summed E-state index contributed by atoms with van der Waals surface area (Å²) in [6, 6.07) is 0. The highest BCUT2D eigenvalue weighted by molar-refractivity contribution is 4.75. The van der Waals surface area contributed by atoms with Crippen molar-refractivity contribution < 1.29 is 9.84 Å². The van der Waals surface area contributed by atoms with E-state index in [0.717, 1.165) is 5.92 Å². The van der Waals surface area contributed by atoms with Crippen LogP contribution < -0.4 is 0 Å². The molecule has 0 radical (unpaired) electrons. The van der Waals surface area contributed by atoms with E-state index in [9.17, 15) is 5.11 Å². The van der Waals surface area contributed by atoms with Crippen LogP contribution in [0.15, 0.2) is 0 Å². The van der Waals surface area contributed by atoms with Gasteiger partial charge < -0.3 is 9.84 Å². The maximum atomic E-state index is 9.88. The van der Waals surface area contributed by atoms with Crippen LogP contribution in [0.25, 0.3) is 0 Å². The lowest BCUT2D eigenvalue weighted by Gasteiger charge is -2.30. The Labute approximate surface area is 87.7 Å². The van der Waals surface area contributed by atoms with Crippen molar-refractivity contribution in [3.63, 3.8) is 0 Å². The first-order valence-corrected chi connectivity index (χ1v) is 5.89. The normalized spacial score (nSPS) is 30.6. The summed E-state index contributed by atoms with van der Waals surface area (Å²) in [7, 11) is 0. The monoisotopic (exact) mass is 200 g/mol. The lowest BCUT2D eigenvalue weighted by molar-refractivity contribution is -0.0291. The zero-order chi connectivity index (χ0) is 10.6. The fourth-order valence-corrected chi connectivity index (χ4v) is 2.10. The molecular weight excluding hydrogens is 176 g/mol. The van der Waals surface area contributed by atoms with Crippen molar-refractivity contribution in [1.29, 1.82) is 0 Å². The molecule has 0 aromatic heterocycles. The van der Waals surface area contributed by atoms with Crippen LogP contribution in [0.5, 0.6) is 0 Å². The van der Waals surface area contributed by atoms with E-state index in [-0.39, 0.29) is 12.2 Å². The van der Waals surface area contributed by atoms with Gasteiger partial charge in [-0.25, -0.2) is 0 Å². The zero-order valence-electron chi connectivity index (χ0n) is 9.70. The smallest absolute Gasteiger partial charge is 0.0801 e. The van der Waals surface area contributed by atoms with Gasteiger partial charge in [0.05, 0.1) is 18.8 Å². The van der Waals surface area contributed by atoms with Crippen molar-refractivity contribution in [2.45, 2.75) is 58.7 Å². The summed E-state index contributed by atoms with van der Waals surface area (Å²) < 4.78 is 5.43. The van der Waals surface area contributed by atoms with Gasteiger partial charge >= 0.3 is 0 Å². The van der Waals surface area contributed by atoms with E-state index in [0.29, 0.717) is 12.5 Å². The molecule has 84 valence electrons. The minimum Gasteiger partial charge on any atom is -0.390 e. The van der Waals surface area contributed by atoms with E-state index in [4.69, 9.17) is 4.74 Å². The molecule has 1 rings (SSSR count). The Kier molecular flexibility index (Phi) is 4.90. The van der Waals surface area contributed by atoms with Gasteiger partial charge in [0.25, 0.3) is 0 Å².